The molecule has 1 unspecified atom stereocenters. The van der Waals surface area contributed by atoms with Crippen molar-refractivity contribution < 1.29 is 42.8 Å². The van der Waals surface area contributed by atoms with Crippen molar-refractivity contribution in [3.63, 3.8) is 0 Å². The van der Waals surface area contributed by atoms with E-state index in [-0.39, 0.29) is 36.9 Å². The Labute approximate surface area is 321 Å². The number of esters is 2. The summed E-state index contributed by atoms with van der Waals surface area (Å²) in [6, 6.07) is 9.64. The Bertz CT molecular complexity index is 2390. The van der Waals surface area contributed by atoms with E-state index in [9.17, 15) is 20.0 Å². The predicted molar refractivity (Wildman–Crippen MR) is 200 cm³/mol. The number of ether oxygens (including phenoxy) is 5. The Hall–Kier alpha value is -4.94. The Morgan fingerprint density at radius 3 is 2.71 bits per heavy atom. The number of carbonyl (C=O) groups excluding carboxylic acids is 2. The van der Waals surface area contributed by atoms with Gasteiger partial charge in [-0.2, -0.15) is 5.26 Å². The Kier molecular flexibility index (Phi) is 7.71. The Morgan fingerprint density at radius 2 is 1.93 bits per heavy atom. The van der Waals surface area contributed by atoms with Gasteiger partial charge in [0, 0.05) is 64.5 Å². The fourth-order valence-corrected chi connectivity index (χ4v) is 12.0. The lowest BCUT2D eigenvalue weighted by Gasteiger charge is -2.60. The predicted octanol–water partition coefficient (Wildman–Crippen LogP) is 5.24. The average molecular weight is 765 g/mol. The van der Waals surface area contributed by atoms with Gasteiger partial charge in [0.25, 0.3) is 0 Å². The maximum absolute atomic E-state index is 14.8. The summed E-state index contributed by atoms with van der Waals surface area (Å²) in [4.78, 5) is 29.9. The number of phenolic OH excluding ortho intramolecular Hbond substituents is 1. The SMILES string of the molecule is COc1c(C)cc2c(c1O)[C@H]1N[C@@H](C2C)[C@H](C#N)N2[C@H]1[C@@H]1SC[C@]3(NCCc4c3oc3ccccc43)C(=O)OC[C@H]2c2c3c(c(C)c(OC(C)=O)c21)OCO3. The number of nitrogens with zero attached hydrogens (tertiary/aromatic N) is 2. The van der Waals surface area contributed by atoms with Crippen LogP contribution in [0, 0.1) is 25.2 Å². The van der Waals surface area contributed by atoms with Crippen LogP contribution in [0.25, 0.3) is 11.0 Å². The first-order valence-electron chi connectivity index (χ1n) is 18.6. The smallest absolute Gasteiger partial charge is 0.335 e. The molecule has 7 aliphatic heterocycles. The highest BCUT2D eigenvalue weighted by Gasteiger charge is 2.61. The number of benzene rings is 3. The summed E-state index contributed by atoms with van der Waals surface area (Å²) in [5.74, 6) is 1.23. The topological polar surface area (TPSA) is 165 Å². The van der Waals surface area contributed by atoms with Crippen molar-refractivity contribution in [2.24, 2.45) is 0 Å². The molecule has 0 radical (unpaired) electrons. The molecule has 284 valence electrons. The zero-order chi connectivity index (χ0) is 38.1. The first-order chi connectivity index (χ1) is 26.6. The van der Waals surface area contributed by atoms with Crippen LogP contribution in [0.1, 0.15) is 81.8 Å². The molecule has 4 aromatic rings. The van der Waals surface area contributed by atoms with Gasteiger partial charge in [-0.05, 0) is 43.4 Å². The number of methoxy groups -OCH3 is 1. The van der Waals surface area contributed by atoms with Crippen LogP contribution in [-0.4, -0.2) is 72.9 Å². The molecule has 13 nitrogen and oxygen atoms in total. The first kappa shape index (κ1) is 34.5. The van der Waals surface area contributed by atoms with Gasteiger partial charge < -0.3 is 38.5 Å². The maximum Gasteiger partial charge on any atom is 0.335 e. The first-order valence-corrected chi connectivity index (χ1v) is 19.7. The second-order valence-corrected chi connectivity index (χ2v) is 16.5. The number of thioether (sulfide) groups is 1. The lowest BCUT2D eigenvalue weighted by molar-refractivity contribution is -0.156. The van der Waals surface area contributed by atoms with E-state index in [0.717, 1.165) is 22.1 Å². The van der Waals surface area contributed by atoms with E-state index in [1.165, 1.54) is 18.7 Å². The van der Waals surface area contributed by atoms with Crippen LogP contribution in [0.2, 0.25) is 0 Å². The van der Waals surface area contributed by atoms with Crippen LogP contribution < -0.4 is 29.6 Å². The molecule has 0 saturated carbocycles. The van der Waals surface area contributed by atoms with E-state index in [4.69, 9.17) is 28.1 Å². The largest absolute Gasteiger partial charge is 0.504 e. The normalized spacial score (nSPS) is 30.1. The fourth-order valence-electron chi connectivity index (χ4n) is 10.3. The number of carbonyl (C=O) groups is 2. The molecule has 1 aromatic heterocycles. The molecule has 11 rings (SSSR count). The zero-order valence-electron chi connectivity index (χ0n) is 31.0. The highest BCUT2D eigenvalue weighted by atomic mass is 32.2. The number of hydrogen-bond acceptors (Lipinski definition) is 14. The van der Waals surface area contributed by atoms with Gasteiger partial charge in [-0.15, -0.1) is 11.8 Å². The lowest BCUT2D eigenvalue weighted by atomic mass is 9.69. The zero-order valence-corrected chi connectivity index (χ0v) is 31.8. The van der Waals surface area contributed by atoms with E-state index in [1.807, 2.05) is 38.1 Å². The van der Waals surface area contributed by atoms with Crippen LogP contribution in [-0.2, 0) is 26.3 Å². The molecule has 3 aromatic carbocycles. The van der Waals surface area contributed by atoms with Crippen molar-refractivity contribution in [2.45, 2.75) is 81.0 Å². The van der Waals surface area contributed by atoms with Crippen molar-refractivity contribution in [1.29, 1.82) is 5.26 Å². The summed E-state index contributed by atoms with van der Waals surface area (Å²) in [6.45, 7) is 7.49. The molecule has 0 amide bonds. The molecule has 8 heterocycles. The molecule has 55 heavy (non-hydrogen) atoms. The monoisotopic (exact) mass is 764 g/mol. The van der Waals surface area contributed by atoms with Crippen molar-refractivity contribution in [3.05, 3.63) is 75.0 Å². The highest BCUT2D eigenvalue weighted by molar-refractivity contribution is 7.99. The van der Waals surface area contributed by atoms with E-state index in [2.05, 4.69) is 34.6 Å². The summed E-state index contributed by atoms with van der Waals surface area (Å²) >= 11 is 1.50. The molecule has 1 spiro atoms. The number of nitriles is 1. The average Bonchev–Trinajstić information content (AvgIpc) is 3.82. The number of piperazine rings is 1. The molecule has 14 heteroatoms. The van der Waals surface area contributed by atoms with Gasteiger partial charge >= 0.3 is 11.9 Å². The van der Waals surface area contributed by atoms with Gasteiger partial charge in [0.05, 0.1) is 30.5 Å². The van der Waals surface area contributed by atoms with Gasteiger partial charge in [-0.25, -0.2) is 4.79 Å². The number of para-hydroxylation sites is 1. The van der Waals surface area contributed by atoms with Crippen molar-refractivity contribution in [2.75, 3.05) is 32.8 Å². The summed E-state index contributed by atoms with van der Waals surface area (Å²) in [5.41, 5.74) is 4.69. The molecule has 4 bridgehead atoms. The third kappa shape index (κ3) is 4.58. The van der Waals surface area contributed by atoms with Gasteiger partial charge in [0.2, 0.25) is 6.79 Å². The number of nitrogens with one attached hydrogen (secondary N) is 2. The lowest BCUT2D eigenvalue weighted by Crippen LogP contribution is -2.70. The van der Waals surface area contributed by atoms with E-state index in [0.29, 0.717) is 69.6 Å². The van der Waals surface area contributed by atoms with Gasteiger partial charge in [0.15, 0.2) is 28.5 Å². The highest BCUT2D eigenvalue weighted by Crippen LogP contribution is 2.64. The molecule has 8 atom stereocenters. The molecule has 2 fully saturated rings. The third-order valence-corrected chi connectivity index (χ3v) is 14.1. The summed E-state index contributed by atoms with van der Waals surface area (Å²) in [6.07, 6.45) is 0.670. The van der Waals surface area contributed by atoms with E-state index < -0.39 is 46.9 Å². The Morgan fingerprint density at radius 1 is 1.13 bits per heavy atom. The standard InChI is InChI=1S/C41H40N4O9S/c1-17-12-23-18(2)30-24(13-42)45-25-14-50-40(48)41(39-22(10-11-43-41)21-8-6-7-9-26(21)54-39)15-55-38(32(45)31(44-30)27(23)33(47)34(17)49-5)29-28(25)37-36(51-16-52-37)19(3)35(29)53-20(4)46/h6-9,12,18,24-25,30-32,38,43-44,47H,10-11,14-16H2,1-5H3/t18?,24-,25-,30-,31+,32+,38+,41+/m0/s1. The molecular weight excluding hydrogens is 725 g/mol. The van der Waals surface area contributed by atoms with E-state index in [1.54, 1.807) is 7.11 Å². The van der Waals surface area contributed by atoms with Crippen molar-refractivity contribution in [3.8, 4) is 34.8 Å². The van der Waals surface area contributed by atoms with Crippen molar-refractivity contribution in [1.82, 2.24) is 15.5 Å². The van der Waals surface area contributed by atoms with E-state index >= 15 is 0 Å². The molecule has 3 N–H and O–H groups in total. The molecule has 2 saturated heterocycles. The fraction of sp³-hybridized carbons (Fsp3) is 0.439. The van der Waals surface area contributed by atoms with Crippen molar-refractivity contribution >= 4 is 34.7 Å². The van der Waals surface area contributed by atoms with Crippen LogP contribution in [0.4, 0.5) is 0 Å². The molecule has 7 aliphatic rings. The maximum atomic E-state index is 14.8. The number of aromatic hydroxyl groups is 1. The van der Waals surface area contributed by atoms with Crippen LogP contribution >= 0.6 is 11.8 Å². The van der Waals surface area contributed by atoms with Crippen LogP contribution in [0.15, 0.2) is 34.7 Å². The van der Waals surface area contributed by atoms with Gasteiger partial charge in [0.1, 0.15) is 29.7 Å². The number of aryl methyl sites for hydroxylation is 1. The minimum absolute atomic E-state index is 0.0414. The van der Waals surface area contributed by atoms with Gasteiger partial charge in [-0.1, -0.05) is 31.2 Å². The third-order valence-electron chi connectivity index (χ3n) is 12.6. The number of rotatable bonds is 2. The minimum atomic E-state index is -1.35. The van der Waals surface area contributed by atoms with Crippen LogP contribution in [0.5, 0.6) is 28.7 Å². The summed E-state index contributed by atoms with van der Waals surface area (Å²) < 4.78 is 37.2. The summed E-state index contributed by atoms with van der Waals surface area (Å²) in [5, 5.41) is 30.9. The second kappa shape index (κ2) is 12.3. The second-order valence-electron chi connectivity index (χ2n) is 15.3. The number of furan rings is 1. The quantitative estimate of drug-likeness (QED) is 0.179. The molecular formula is C41H40N4O9S. The summed E-state index contributed by atoms with van der Waals surface area (Å²) in [7, 11) is 1.54. The minimum Gasteiger partial charge on any atom is -0.504 e. The van der Waals surface area contributed by atoms with Crippen LogP contribution in [0.3, 0.4) is 0 Å². The number of phenols is 1. The van der Waals surface area contributed by atoms with Gasteiger partial charge in [-0.3, -0.25) is 15.0 Å². The number of fused-ring (bicyclic) bond motifs is 11. The molecule has 0 aliphatic carbocycles. The Balaban J connectivity index is 1.25. The number of hydrogen-bond donors (Lipinski definition) is 3.